The second-order valence-corrected chi connectivity index (χ2v) is 10.00. The fourth-order valence-electron chi connectivity index (χ4n) is 4.23. The molecule has 0 radical (unpaired) electrons. The maximum atomic E-state index is 13.2. The van der Waals surface area contributed by atoms with Crippen LogP contribution in [0.4, 0.5) is 0 Å². The van der Waals surface area contributed by atoms with Crippen LogP contribution >= 0.6 is 24.0 Å². The Morgan fingerprint density at radius 3 is 2.79 bits per heavy atom. The molecule has 2 aliphatic heterocycles. The lowest BCUT2D eigenvalue weighted by Gasteiger charge is -2.18. The summed E-state index contributed by atoms with van der Waals surface area (Å²) in [5.74, 6) is 0.718. The number of aryl methyl sites for hydroxylation is 1. The Balaban J connectivity index is 1.54. The van der Waals surface area contributed by atoms with E-state index in [4.69, 9.17) is 26.8 Å². The van der Waals surface area contributed by atoms with Gasteiger partial charge < -0.3 is 9.47 Å². The van der Waals surface area contributed by atoms with E-state index in [2.05, 4.69) is 0 Å². The number of para-hydroxylation sites is 1. The fraction of sp³-hybridized carbons (Fsp3) is 0.269. The number of thioether (sulfide) groups is 1. The van der Waals surface area contributed by atoms with Crippen LogP contribution in [0.1, 0.15) is 24.0 Å². The minimum atomic E-state index is -0.0737. The molecule has 3 heterocycles. The maximum absolute atomic E-state index is 13.2. The van der Waals surface area contributed by atoms with Crippen molar-refractivity contribution in [3.05, 3.63) is 70.8 Å². The van der Waals surface area contributed by atoms with Gasteiger partial charge in [-0.3, -0.25) is 9.69 Å². The number of nitrogens with zero attached hydrogens (tertiary/aromatic N) is 3. The highest BCUT2D eigenvalue weighted by Gasteiger charge is 2.35. The van der Waals surface area contributed by atoms with E-state index in [1.165, 1.54) is 11.8 Å². The number of carbonyl (C=O) groups excluding carboxylic acids is 1. The summed E-state index contributed by atoms with van der Waals surface area (Å²) >= 11 is 6.87. The van der Waals surface area contributed by atoms with Crippen LogP contribution in [0.15, 0.2) is 59.6 Å². The minimum Gasteiger partial charge on any atom is -0.497 e. The van der Waals surface area contributed by atoms with Gasteiger partial charge in [0.05, 0.1) is 30.4 Å². The monoisotopic (exact) mass is 491 g/mol. The molecule has 2 saturated heterocycles. The third kappa shape index (κ3) is 4.53. The zero-order valence-electron chi connectivity index (χ0n) is 19.1. The number of rotatable bonds is 6. The molecule has 0 spiro atoms. The molecule has 34 heavy (non-hydrogen) atoms. The van der Waals surface area contributed by atoms with E-state index in [0.29, 0.717) is 15.8 Å². The predicted molar refractivity (Wildman–Crippen MR) is 139 cm³/mol. The van der Waals surface area contributed by atoms with Crippen molar-refractivity contribution in [2.75, 3.05) is 20.3 Å². The van der Waals surface area contributed by atoms with Gasteiger partial charge in [0.25, 0.3) is 5.91 Å². The van der Waals surface area contributed by atoms with Crippen molar-refractivity contribution >= 4 is 40.3 Å². The van der Waals surface area contributed by atoms with Crippen molar-refractivity contribution in [2.24, 2.45) is 0 Å². The first kappa shape index (κ1) is 22.8. The van der Waals surface area contributed by atoms with E-state index in [0.717, 1.165) is 53.3 Å². The van der Waals surface area contributed by atoms with Gasteiger partial charge in [-0.1, -0.05) is 42.2 Å². The van der Waals surface area contributed by atoms with Gasteiger partial charge in [0.2, 0.25) is 0 Å². The van der Waals surface area contributed by atoms with Gasteiger partial charge in [0.1, 0.15) is 15.8 Å². The van der Waals surface area contributed by atoms with Gasteiger partial charge in [0, 0.05) is 23.9 Å². The predicted octanol–water partition coefficient (Wildman–Crippen LogP) is 5.24. The number of benzene rings is 2. The number of methoxy groups -OCH3 is 1. The van der Waals surface area contributed by atoms with E-state index >= 15 is 0 Å². The maximum Gasteiger partial charge on any atom is 0.266 e. The number of aromatic nitrogens is 2. The Morgan fingerprint density at radius 2 is 2.09 bits per heavy atom. The summed E-state index contributed by atoms with van der Waals surface area (Å²) in [7, 11) is 1.66. The molecule has 1 unspecified atom stereocenters. The van der Waals surface area contributed by atoms with Gasteiger partial charge in [-0.05, 0) is 61.7 Å². The fourth-order valence-corrected chi connectivity index (χ4v) is 5.50. The van der Waals surface area contributed by atoms with Crippen LogP contribution in [0.25, 0.3) is 23.0 Å². The molecule has 0 N–H and O–H groups in total. The van der Waals surface area contributed by atoms with E-state index in [1.807, 2.05) is 72.4 Å². The normalized spacial score (nSPS) is 19.4. The van der Waals surface area contributed by atoms with Gasteiger partial charge in [0.15, 0.2) is 0 Å². The molecular formula is C26H25N3O3S2. The van der Waals surface area contributed by atoms with E-state index < -0.39 is 0 Å². The summed E-state index contributed by atoms with van der Waals surface area (Å²) in [6.07, 6.45) is 5.90. The summed E-state index contributed by atoms with van der Waals surface area (Å²) in [5.41, 5.74) is 4.62. The van der Waals surface area contributed by atoms with Crippen molar-refractivity contribution < 1.29 is 14.3 Å². The first-order valence-electron chi connectivity index (χ1n) is 11.2. The van der Waals surface area contributed by atoms with Crippen molar-refractivity contribution in [2.45, 2.75) is 25.9 Å². The lowest BCUT2D eigenvalue weighted by atomic mass is 10.0. The molecule has 2 aliphatic rings. The Kier molecular flexibility index (Phi) is 6.54. The van der Waals surface area contributed by atoms with Crippen LogP contribution in [0.5, 0.6) is 5.75 Å². The van der Waals surface area contributed by atoms with Crippen LogP contribution in [0.3, 0.4) is 0 Å². The number of amides is 1. The number of hydrogen-bond acceptors (Lipinski definition) is 6. The third-order valence-corrected chi connectivity index (χ3v) is 7.40. The smallest absolute Gasteiger partial charge is 0.266 e. The Hall–Kier alpha value is -2.94. The molecular weight excluding hydrogens is 466 g/mol. The van der Waals surface area contributed by atoms with Gasteiger partial charge in [-0.2, -0.15) is 5.10 Å². The lowest BCUT2D eigenvalue weighted by molar-refractivity contribution is -0.123. The van der Waals surface area contributed by atoms with Crippen molar-refractivity contribution in [1.29, 1.82) is 0 Å². The topological polar surface area (TPSA) is 56.6 Å². The highest BCUT2D eigenvalue weighted by atomic mass is 32.2. The van der Waals surface area contributed by atoms with Crippen LogP contribution < -0.4 is 4.74 Å². The molecule has 8 heteroatoms. The van der Waals surface area contributed by atoms with Crippen LogP contribution in [0, 0.1) is 6.92 Å². The summed E-state index contributed by atoms with van der Waals surface area (Å²) in [6.45, 7) is 3.29. The van der Waals surface area contributed by atoms with Crippen molar-refractivity contribution in [3.8, 4) is 22.7 Å². The van der Waals surface area contributed by atoms with Gasteiger partial charge in [-0.15, -0.1) is 0 Å². The molecule has 0 bridgehead atoms. The molecule has 1 atom stereocenters. The summed E-state index contributed by atoms with van der Waals surface area (Å²) in [6, 6.07) is 15.9. The Morgan fingerprint density at radius 1 is 1.26 bits per heavy atom. The number of ether oxygens (including phenoxy) is 2. The van der Waals surface area contributed by atoms with E-state index in [-0.39, 0.29) is 12.0 Å². The summed E-state index contributed by atoms with van der Waals surface area (Å²) in [4.78, 5) is 15.5. The zero-order chi connectivity index (χ0) is 23.7. The highest BCUT2D eigenvalue weighted by Crippen LogP contribution is 2.36. The van der Waals surface area contributed by atoms with Crippen LogP contribution in [0.2, 0.25) is 0 Å². The second kappa shape index (κ2) is 9.74. The molecule has 5 rings (SSSR count). The molecule has 1 amide bonds. The molecule has 1 aromatic heterocycles. The largest absolute Gasteiger partial charge is 0.497 e. The number of hydrogen-bond donors (Lipinski definition) is 0. The molecule has 2 fully saturated rings. The molecule has 6 nitrogen and oxygen atoms in total. The Labute approximate surface area is 208 Å². The number of carbonyl (C=O) groups is 1. The first-order chi connectivity index (χ1) is 16.5. The highest BCUT2D eigenvalue weighted by molar-refractivity contribution is 8.26. The summed E-state index contributed by atoms with van der Waals surface area (Å²) < 4.78 is 13.5. The third-order valence-electron chi connectivity index (χ3n) is 6.02. The molecule has 0 aliphatic carbocycles. The molecule has 174 valence electrons. The van der Waals surface area contributed by atoms with Gasteiger partial charge >= 0.3 is 0 Å². The standard InChI is InChI=1S/C26H25N3O3S2/c1-17-13-20(31-2)10-11-22(17)24-18(15-29(27-24)19-7-4-3-5-8-19)14-23-25(30)28(26(33)34-23)16-21-9-6-12-32-21/h3-5,7-8,10-11,13-15,21H,6,9,12,16H2,1-2H3. The average molecular weight is 492 g/mol. The lowest BCUT2D eigenvalue weighted by Crippen LogP contribution is -2.35. The minimum absolute atomic E-state index is 0.0557. The van der Waals surface area contributed by atoms with Crippen molar-refractivity contribution in [1.82, 2.24) is 14.7 Å². The van der Waals surface area contributed by atoms with Crippen LogP contribution in [-0.2, 0) is 9.53 Å². The number of thiocarbonyl (C=S) groups is 1. The molecule has 2 aromatic carbocycles. The quantitative estimate of drug-likeness (QED) is 0.347. The van der Waals surface area contributed by atoms with E-state index in [9.17, 15) is 4.79 Å². The second-order valence-electron chi connectivity index (χ2n) is 8.32. The Bertz CT molecular complexity index is 1260. The average Bonchev–Trinajstić information content (AvgIpc) is 3.57. The summed E-state index contributed by atoms with van der Waals surface area (Å²) in [5, 5.41) is 4.90. The molecule has 3 aromatic rings. The SMILES string of the molecule is COc1ccc(-c2nn(-c3ccccc3)cc2C=C2SC(=S)N(CC3CCCO3)C2=O)c(C)c1. The van der Waals surface area contributed by atoms with Crippen molar-refractivity contribution in [3.63, 3.8) is 0 Å². The van der Waals surface area contributed by atoms with E-state index in [1.54, 1.807) is 12.0 Å². The van der Waals surface area contributed by atoms with Crippen LogP contribution in [-0.4, -0.2) is 51.3 Å². The van der Waals surface area contributed by atoms with Gasteiger partial charge in [-0.25, -0.2) is 4.68 Å². The first-order valence-corrected chi connectivity index (χ1v) is 12.4. The zero-order valence-corrected chi connectivity index (χ0v) is 20.7. The molecule has 0 saturated carbocycles.